The van der Waals surface area contributed by atoms with E-state index in [9.17, 15) is 0 Å². The van der Waals surface area contributed by atoms with Gasteiger partial charge in [0.1, 0.15) is 11.5 Å². The summed E-state index contributed by atoms with van der Waals surface area (Å²) in [4.78, 5) is 11.0. The van der Waals surface area contributed by atoms with Crippen LogP contribution in [0.4, 0.5) is 5.82 Å². The third kappa shape index (κ3) is 2.92. The molecule has 0 unspecified atom stereocenters. The minimum Gasteiger partial charge on any atom is -0.357 e. The van der Waals surface area contributed by atoms with E-state index < -0.39 is 0 Å². The molecule has 3 nitrogen and oxygen atoms in total. The van der Waals surface area contributed by atoms with Crippen LogP contribution in [0.15, 0.2) is 42.7 Å². The van der Waals surface area contributed by atoms with Crippen molar-refractivity contribution in [3.05, 3.63) is 54.0 Å². The van der Waals surface area contributed by atoms with Gasteiger partial charge in [-0.1, -0.05) is 12.0 Å². The zero-order chi connectivity index (χ0) is 12.9. The van der Waals surface area contributed by atoms with Crippen LogP contribution >= 0.6 is 0 Å². The number of nitrogens with zero attached hydrogens (tertiary/aromatic N) is 3. The molecule has 2 aromatic rings. The van der Waals surface area contributed by atoms with E-state index in [1.807, 2.05) is 36.5 Å². The van der Waals surface area contributed by atoms with Gasteiger partial charge in [-0.15, -0.1) is 0 Å². The second-order valence-electron chi connectivity index (χ2n) is 4.56. The molecule has 0 atom stereocenters. The average Bonchev–Trinajstić information content (AvgIpc) is 3.01. The first kappa shape index (κ1) is 11.7. The Morgan fingerprint density at radius 2 is 1.84 bits per heavy atom. The number of rotatable bonds is 1. The Bertz CT molecular complexity index is 587. The minimum absolute atomic E-state index is 0.783. The molecule has 1 fully saturated rings. The lowest BCUT2D eigenvalue weighted by Crippen LogP contribution is -2.18. The molecule has 1 aliphatic heterocycles. The van der Waals surface area contributed by atoms with Gasteiger partial charge in [-0.25, -0.2) is 9.97 Å². The van der Waals surface area contributed by atoms with Crippen molar-refractivity contribution in [3.8, 4) is 11.8 Å². The maximum atomic E-state index is 4.48. The molecular formula is C16H15N3. The Morgan fingerprint density at radius 1 is 0.947 bits per heavy atom. The first-order valence-corrected chi connectivity index (χ1v) is 6.56. The zero-order valence-electron chi connectivity index (χ0n) is 10.7. The quantitative estimate of drug-likeness (QED) is 0.727. The van der Waals surface area contributed by atoms with Gasteiger partial charge in [0.15, 0.2) is 0 Å². The first-order chi connectivity index (χ1) is 9.42. The number of hydrogen-bond acceptors (Lipinski definition) is 3. The number of pyridine rings is 2. The van der Waals surface area contributed by atoms with Gasteiger partial charge in [0.25, 0.3) is 0 Å². The molecule has 3 rings (SSSR count). The number of anilines is 1. The second-order valence-corrected chi connectivity index (χ2v) is 4.56. The highest BCUT2D eigenvalue weighted by atomic mass is 15.2. The summed E-state index contributed by atoms with van der Waals surface area (Å²) in [5.41, 5.74) is 1.71. The minimum atomic E-state index is 0.783. The maximum Gasteiger partial charge on any atom is 0.128 e. The molecule has 0 spiro atoms. The molecule has 3 heterocycles. The Labute approximate surface area is 113 Å². The third-order valence-electron chi connectivity index (χ3n) is 3.18. The standard InChI is InChI=1S/C16H15N3/c1-2-10-17-15(5-1)8-6-14-7-9-16(18-13-14)19-11-3-4-12-19/h1-2,5,7,9-10,13H,3-4,11-12H2. The number of hydrogen-bond donors (Lipinski definition) is 0. The summed E-state index contributed by atoms with van der Waals surface area (Å²) in [6.45, 7) is 2.23. The van der Waals surface area contributed by atoms with E-state index >= 15 is 0 Å². The van der Waals surface area contributed by atoms with Crippen LogP contribution in [0.1, 0.15) is 24.1 Å². The highest BCUT2D eigenvalue weighted by molar-refractivity contribution is 5.45. The van der Waals surface area contributed by atoms with E-state index in [-0.39, 0.29) is 0 Å². The van der Waals surface area contributed by atoms with E-state index in [0.717, 1.165) is 30.2 Å². The molecule has 3 heteroatoms. The summed E-state index contributed by atoms with van der Waals surface area (Å²) in [6.07, 6.45) is 6.12. The fourth-order valence-corrected chi connectivity index (χ4v) is 2.17. The van der Waals surface area contributed by atoms with Crippen LogP contribution in [-0.4, -0.2) is 23.1 Å². The summed E-state index contributed by atoms with van der Waals surface area (Å²) < 4.78 is 0. The molecule has 1 saturated heterocycles. The lowest BCUT2D eigenvalue weighted by atomic mass is 10.2. The monoisotopic (exact) mass is 249 g/mol. The predicted octanol–water partition coefficient (Wildman–Crippen LogP) is 2.48. The van der Waals surface area contributed by atoms with Crippen LogP contribution < -0.4 is 4.90 Å². The lowest BCUT2D eigenvalue weighted by molar-refractivity contribution is 0.937. The highest BCUT2D eigenvalue weighted by Crippen LogP contribution is 2.17. The van der Waals surface area contributed by atoms with Crippen LogP contribution in [0, 0.1) is 11.8 Å². The van der Waals surface area contributed by atoms with E-state index in [2.05, 4.69) is 26.7 Å². The summed E-state index contributed by atoms with van der Waals surface area (Å²) in [5.74, 6) is 7.18. The van der Waals surface area contributed by atoms with E-state index in [1.165, 1.54) is 12.8 Å². The van der Waals surface area contributed by atoms with Crippen molar-refractivity contribution in [2.45, 2.75) is 12.8 Å². The average molecular weight is 249 g/mol. The van der Waals surface area contributed by atoms with Crippen LogP contribution in [0.25, 0.3) is 0 Å². The molecule has 0 saturated carbocycles. The number of aromatic nitrogens is 2. The van der Waals surface area contributed by atoms with Crippen LogP contribution in [0.2, 0.25) is 0 Å². The van der Waals surface area contributed by atoms with Gasteiger partial charge in [0.05, 0.1) is 0 Å². The van der Waals surface area contributed by atoms with Crippen molar-refractivity contribution in [1.82, 2.24) is 9.97 Å². The molecule has 0 radical (unpaired) electrons. The van der Waals surface area contributed by atoms with Crippen LogP contribution in [0.3, 0.4) is 0 Å². The molecule has 0 bridgehead atoms. The van der Waals surface area contributed by atoms with Crippen molar-refractivity contribution in [3.63, 3.8) is 0 Å². The zero-order valence-corrected chi connectivity index (χ0v) is 10.7. The van der Waals surface area contributed by atoms with Gasteiger partial charge in [0.2, 0.25) is 0 Å². The van der Waals surface area contributed by atoms with Crippen molar-refractivity contribution in [2.24, 2.45) is 0 Å². The summed E-state index contributed by atoms with van der Waals surface area (Å²) in [7, 11) is 0. The van der Waals surface area contributed by atoms with Gasteiger partial charge in [0, 0.05) is 31.0 Å². The Kier molecular flexibility index (Phi) is 3.42. The SMILES string of the molecule is C(#Cc1ccccn1)c1ccc(N2CCCC2)nc1. The molecule has 0 N–H and O–H groups in total. The fraction of sp³-hybridized carbons (Fsp3) is 0.250. The van der Waals surface area contributed by atoms with Crippen LogP contribution in [-0.2, 0) is 0 Å². The summed E-state index contributed by atoms with van der Waals surface area (Å²) in [6, 6.07) is 9.80. The lowest BCUT2D eigenvalue weighted by Gasteiger charge is -2.15. The van der Waals surface area contributed by atoms with Gasteiger partial charge < -0.3 is 4.90 Å². The molecule has 94 valence electrons. The molecule has 0 aromatic carbocycles. The van der Waals surface area contributed by atoms with E-state index in [1.54, 1.807) is 6.20 Å². The first-order valence-electron chi connectivity index (χ1n) is 6.56. The second kappa shape index (κ2) is 5.53. The Balaban J connectivity index is 1.74. The molecular weight excluding hydrogens is 234 g/mol. The largest absolute Gasteiger partial charge is 0.357 e. The third-order valence-corrected chi connectivity index (χ3v) is 3.18. The van der Waals surface area contributed by atoms with Gasteiger partial charge in [-0.05, 0) is 43.0 Å². The maximum absolute atomic E-state index is 4.48. The Hall–Kier alpha value is -2.34. The van der Waals surface area contributed by atoms with Crippen molar-refractivity contribution >= 4 is 5.82 Å². The molecule has 2 aromatic heterocycles. The molecule has 1 aliphatic rings. The molecule has 19 heavy (non-hydrogen) atoms. The smallest absolute Gasteiger partial charge is 0.128 e. The van der Waals surface area contributed by atoms with Crippen molar-refractivity contribution in [1.29, 1.82) is 0 Å². The normalized spacial score (nSPS) is 14.0. The Morgan fingerprint density at radius 3 is 2.53 bits per heavy atom. The van der Waals surface area contributed by atoms with Gasteiger partial charge in [-0.2, -0.15) is 0 Å². The van der Waals surface area contributed by atoms with Crippen LogP contribution in [0.5, 0.6) is 0 Å². The van der Waals surface area contributed by atoms with E-state index in [4.69, 9.17) is 0 Å². The molecule has 0 aliphatic carbocycles. The summed E-state index contributed by atoms with van der Waals surface area (Å²) in [5, 5.41) is 0. The van der Waals surface area contributed by atoms with Gasteiger partial charge >= 0.3 is 0 Å². The van der Waals surface area contributed by atoms with Crippen molar-refractivity contribution in [2.75, 3.05) is 18.0 Å². The van der Waals surface area contributed by atoms with Gasteiger partial charge in [-0.3, -0.25) is 0 Å². The topological polar surface area (TPSA) is 29.0 Å². The fourth-order valence-electron chi connectivity index (χ4n) is 2.17. The predicted molar refractivity (Wildman–Crippen MR) is 75.9 cm³/mol. The highest BCUT2D eigenvalue weighted by Gasteiger charge is 2.12. The molecule has 0 amide bonds. The van der Waals surface area contributed by atoms with E-state index in [0.29, 0.717) is 0 Å². The van der Waals surface area contributed by atoms with Crippen molar-refractivity contribution < 1.29 is 0 Å². The summed E-state index contributed by atoms with van der Waals surface area (Å²) >= 11 is 0.